The third-order valence-corrected chi connectivity index (χ3v) is 6.76. The molecule has 32 heavy (non-hydrogen) atoms. The molecule has 0 aliphatic carbocycles. The quantitative estimate of drug-likeness (QED) is 0.556. The van der Waals surface area contributed by atoms with Gasteiger partial charge < -0.3 is 15.7 Å². The Balaban J connectivity index is 1.15. The van der Waals surface area contributed by atoms with E-state index in [-0.39, 0.29) is 18.0 Å². The van der Waals surface area contributed by atoms with Gasteiger partial charge in [-0.3, -0.25) is 9.48 Å². The molecule has 5 rings (SSSR count). The number of aromatic nitrogens is 2. The van der Waals surface area contributed by atoms with Crippen LogP contribution in [0.1, 0.15) is 54.6 Å². The summed E-state index contributed by atoms with van der Waals surface area (Å²) in [6.45, 7) is 0. The molecule has 6 heteroatoms. The summed E-state index contributed by atoms with van der Waals surface area (Å²) in [6.07, 6.45) is 7.03. The van der Waals surface area contributed by atoms with Gasteiger partial charge in [-0.1, -0.05) is 42.5 Å². The van der Waals surface area contributed by atoms with Gasteiger partial charge in [0.2, 0.25) is 5.91 Å². The van der Waals surface area contributed by atoms with Gasteiger partial charge in [-0.25, -0.2) is 0 Å². The fraction of sp³-hybridized carbons (Fsp3) is 0.385. The summed E-state index contributed by atoms with van der Waals surface area (Å²) < 4.78 is 1.86. The number of nitrogens with one attached hydrogen (secondary N) is 2. The van der Waals surface area contributed by atoms with E-state index in [2.05, 4.69) is 27.9 Å². The number of anilines is 1. The molecule has 2 aliphatic heterocycles. The van der Waals surface area contributed by atoms with E-state index in [0.717, 1.165) is 55.5 Å². The monoisotopic (exact) mass is 430 g/mol. The van der Waals surface area contributed by atoms with Crippen molar-refractivity contribution in [1.82, 2.24) is 15.1 Å². The van der Waals surface area contributed by atoms with E-state index in [1.165, 1.54) is 5.56 Å². The Hall–Kier alpha value is -2.96. The van der Waals surface area contributed by atoms with Crippen molar-refractivity contribution in [1.29, 1.82) is 0 Å². The van der Waals surface area contributed by atoms with Gasteiger partial charge >= 0.3 is 0 Å². The fourth-order valence-corrected chi connectivity index (χ4v) is 5.04. The van der Waals surface area contributed by atoms with Crippen LogP contribution in [0.5, 0.6) is 0 Å². The van der Waals surface area contributed by atoms with Crippen LogP contribution >= 0.6 is 0 Å². The zero-order valence-electron chi connectivity index (χ0n) is 18.2. The Morgan fingerprint density at radius 1 is 1.09 bits per heavy atom. The number of rotatable bonds is 6. The van der Waals surface area contributed by atoms with Crippen LogP contribution in [0.15, 0.2) is 66.9 Å². The Labute approximate surface area is 188 Å². The lowest BCUT2D eigenvalue weighted by Gasteiger charge is -2.23. The van der Waals surface area contributed by atoms with E-state index in [9.17, 15) is 9.90 Å². The van der Waals surface area contributed by atoms with Crippen molar-refractivity contribution in [2.45, 2.75) is 62.8 Å². The van der Waals surface area contributed by atoms with Crippen LogP contribution in [0.25, 0.3) is 0 Å². The lowest BCUT2D eigenvalue weighted by molar-refractivity contribution is -0.120. The lowest BCUT2D eigenvalue weighted by atomic mass is 10.0. The number of aliphatic hydroxyl groups excluding tert-OH is 1. The molecule has 2 aliphatic rings. The summed E-state index contributed by atoms with van der Waals surface area (Å²) in [4.78, 5) is 12.8. The number of hydrogen-bond donors (Lipinski definition) is 3. The summed E-state index contributed by atoms with van der Waals surface area (Å²) in [6, 6.07) is 20.2. The predicted octanol–water partition coefficient (Wildman–Crippen LogP) is 3.80. The van der Waals surface area contributed by atoms with Crippen LogP contribution in [0.3, 0.4) is 0 Å². The van der Waals surface area contributed by atoms with Gasteiger partial charge in [0.1, 0.15) is 6.04 Å². The number of benzene rings is 2. The molecule has 2 aromatic carbocycles. The molecule has 1 fully saturated rings. The molecule has 3 N–H and O–H groups in total. The minimum absolute atomic E-state index is 0.00222. The fourth-order valence-electron chi connectivity index (χ4n) is 5.04. The highest BCUT2D eigenvalue weighted by molar-refractivity contribution is 5.93. The second-order valence-electron chi connectivity index (χ2n) is 8.97. The average Bonchev–Trinajstić information content (AvgIpc) is 3.50. The van der Waals surface area contributed by atoms with Crippen molar-refractivity contribution in [2.75, 3.05) is 5.32 Å². The molecule has 3 aromatic rings. The molecular weight excluding hydrogens is 400 g/mol. The number of nitrogens with zero attached hydrogens (tertiary/aromatic N) is 2. The summed E-state index contributed by atoms with van der Waals surface area (Å²) in [5, 5.41) is 21.7. The van der Waals surface area contributed by atoms with Gasteiger partial charge in [0.15, 0.2) is 0 Å². The third kappa shape index (κ3) is 4.47. The van der Waals surface area contributed by atoms with E-state index >= 15 is 0 Å². The second kappa shape index (κ2) is 9.27. The molecule has 1 aromatic heterocycles. The van der Waals surface area contributed by atoms with E-state index in [0.29, 0.717) is 6.04 Å². The van der Waals surface area contributed by atoms with Crippen LogP contribution in [0.4, 0.5) is 5.69 Å². The first kappa shape index (κ1) is 20.9. The number of fused-ring (bicyclic) bond motifs is 1. The lowest BCUT2D eigenvalue weighted by Crippen LogP contribution is -2.35. The topological polar surface area (TPSA) is 79.2 Å². The van der Waals surface area contributed by atoms with Gasteiger partial charge in [-0.15, -0.1) is 0 Å². The SMILES string of the molecule is O=C(Nc1ccc(C[C@@H]2CC[C@H]([C@H](O)c3ccccc3)N2)cc1)[C@@H]1CCCc2ccnn21. The van der Waals surface area contributed by atoms with E-state index in [1.807, 2.05) is 53.2 Å². The molecule has 4 atom stereocenters. The number of aliphatic hydroxyl groups is 1. The molecule has 0 radical (unpaired) electrons. The van der Waals surface area contributed by atoms with Crippen LogP contribution in [-0.2, 0) is 17.6 Å². The first-order chi connectivity index (χ1) is 15.7. The van der Waals surface area contributed by atoms with Crippen molar-refractivity contribution in [3.63, 3.8) is 0 Å². The van der Waals surface area contributed by atoms with Gasteiger partial charge in [0.25, 0.3) is 0 Å². The van der Waals surface area contributed by atoms with E-state index < -0.39 is 6.10 Å². The van der Waals surface area contributed by atoms with Crippen LogP contribution in [-0.4, -0.2) is 32.9 Å². The number of carbonyl (C=O) groups excluding carboxylic acids is 1. The standard InChI is InChI=1S/C26H30N4O2/c31-25(19-5-2-1-3-6-19)23-14-13-21(28-23)17-18-9-11-20(12-10-18)29-26(32)24-8-4-7-22-15-16-27-30(22)24/h1-3,5-6,9-12,15-16,21,23-25,28,31H,4,7-8,13-14,17H2,(H,29,32)/t21-,23+,24-,25+/m0/s1. The summed E-state index contributed by atoms with van der Waals surface area (Å²) >= 11 is 0. The maximum Gasteiger partial charge on any atom is 0.249 e. The maximum absolute atomic E-state index is 12.8. The summed E-state index contributed by atoms with van der Waals surface area (Å²) in [5.74, 6) is -0.00222. The van der Waals surface area contributed by atoms with Gasteiger partial charge in [0, 0.05) is 29.7 Å². The highest BCUT2D eigenvalue weighted by Crippen LogP contribution is 2.28. The van der Waals surface area contributed by atoms with Crippen LogP contribution < -0.4 is 10.6 Å². The number of hydrogen-bond acceptors (Lipinski definition) is 4. The van der Waals surface area contributed by atoms with Crippen molar-refractivity contribution >= 4 is 11.6 Å². The number of aryl methyl sites for hydroxylation is 1. The van der Waals surface area contributed by atoms with Gasteiger partial charge in [-0.2, -0.15) is 5.10 Å². The smallest absolute Gasteiger partial charge is 0.249 e. The zero-order chi connectivity index (χ0) is 21.9. The minimum Gasteiger partial charge on any atom is -0.387 e. The minimum atomic E-state index is -0.478. The molecule has 1 saturated heterocycles. The van der Waals surface area contributed by atoms with Crippen LogP contribution in [0.2, 0.25) is 0 Å². The normalized spacial score (nSPS) is 23.5. The molecule has 0 saturated carbocycles. The zero-order valence-corrected chi connectivity index (χ0v) is 18.2. The van der Waals surface area contributed by atoms with Crippen molar-refractivity contribution in [3.05, 3.63) is 83.7 Å². The van der Waals surface area contributed by atoms with E-state index in [1.54, 1.807) is 6.20 Å². The van der Waals surface area contributed by atoms with Crippen molar-refractivity contribution in [2.24, 2.45) is 0 Å². The summed E-state index contributed by atoms with van der Waals surface area (Å²) in [5.41, 5.74) is 4.13. The third-order valence-electron chi connectivity index (χ3n) is 6.76. The Morgan fingerprint density at radius 2 is 1.91 bits per heavy atom. The summed E-state index contributed by atoms with van der Waals surface area (Å²) in [7, 11) is 0. The molecule has 3 heterocycles. The largest absolute Gasteiger partial charge is 0.387 e. The first-order valence-corrected chi connectivity index (χ1v) is 11.6. The highest BCUT2D eigenvalue weighted by Gasteiger charge is 2.30. The molecule has 6 nitrogen and oxygen atoms in total. The molecule has 1 amide bonds. The Morgan fingerprint density at radius 3 is 2.72 bits per heavy atom. The molecule has 0 bridgehead atoms. The highest BCUT2D eigenvalue weighted by atomic mass is 16.3. The maximum atomic E-state index is 12.8. The number of carbonyl (C=O) groups is 1. The van der Waals surface area contributed by atoms with Crippen LogP contribution in [0, 0.1) is 0 Å². The predicted molar refractivity (Wildman–Crippen MR) is 124 cm³/mol. The molecule has 166 valence electrons. The molecule has 0 spiro atoms. The first-order valence-electron chi connectivity index (χ1n) is 11.6. The second-order valence-corrected chi connectivity index (χ2v) is 8.97. The average molecular weight is 431 g/mol. The van der Waals surface area contributed by atoms with Gasteiger partial charge in [-0.05, 0) is 67.9 Å². The Kier molecular flexibility index (Phi) is 6.06. The van der Waals surface area contributed by atoms with Crippen molar-refractivity contribution in [3.8, 4) is 0 Å². The Bertz CT molecular complexity index is 1050. The molecular formula is C26H30N4O2. The number of amides is 1. The van der Waals surface area contributed by atoms with Gasteiger partial charge in [0.05, 0.1) is 6.10 Å². The van der Waals surface area contributed by atoms with Crippen molar-refractivity contribution < 1.29 is 9.90 Å². The molecule has 0 unspecified atom stereocenters. The van der Waals surface area contributed by atoms with E-state index in [4.69, 9.17) is 0 Å².